The van der Waals surface area contributed by atoms with E-state index in [0.29, 0.717) is 5.69 Å². The van der Waals surface area contributed by atoms with Gasteiger partial charge in [-0.25, -0.2) is 8.42 Å². The largest absolute Gasteiger partial charge is 0.341 e. The maximum absolute atomic E-state index is 13.0. The summed E-state index contributed by atoms with van der Waals surface area (Å²) in [5, 5.41) is 5.22. The fourth-order valence-electron chi connectivity index (χ4n) is 4.25. The Bertz CT molecular complexity index is 1680. The van der Waals surface area contributed by atoms with E-state index in [1.807, 2.05) is 30.3 Å². The number of rotatable bonds is 6. The number of benzene rings is 4. The van der Waals surface area contributed by atoms with Crippen molar-refractivity contribution in [2.24, 2.45) is 0 Å². The van der Waals surface area contributed by atoms with Crippen molar-refractivity contribution in [3.8, 4) is 0 Å². The fourth-order valence-corrected chi connectivity index (χ4v) is 5.58. The Hall–Kier alpha value is -3.81. The zero-order chi connectivity index (χ0) is 24.6. The first-order chi connectivity index (χ1) is 16.9. The van der Waals surface area contributed by atoms with Crippen molar-refractivity contribution in [1.29, 1.82) is 0 Å². The Morgan fingerprint density at radius 1 is 0.829 bits per heavy atom. The summed E-state index contributed by atoms with van der Waals surface area (Å²) in [5.74, 6) is -0.383. The number of anilines is 2. The van der Waals surface area contributed by atoms with Gasteiger partial charge in [-0.15, -0.1) is 0 Å². The number of sulfonamides is 1. The van der Waals surface area contributed by atoms with E-state index in [1.54, 1.807) is 18.2 Å². The monoisotopic (exact) mass is 503 g/mol. The molecular weight excluding hydrogens is 482 g/mol. The van der Waals surface area contributed by atoms with Crippen LogP contribution in [0.3, 0.4) is 0 Å². The molecule has 0 aliphatic heterocycles. The smallest absolute Gasteiger partial charge is 0.261 e. The third-order valence-electron chi connectivity index (χ3n) is 5.87. The number of carbonyl (C=O) groups excluding carboxylic acids is 1. The SMILES string of the molecule is CCn1c2ccccc2c2cc(NC(=O)c3ccc(NS(=O)(=O)c4ccccc4)cc3Cl)ccc21. The van der Waals surface area contributed by atoms with Crippen LogP contribution in [0.5, 0.6) is 0 Å². The number of para-hydroxylation sites is 1. The summed E-state index contributed by atoms with van der Waals surface area (Å²) >= 11 is 6.36. The van der Waals surface area contributed by atoms with Gasteiger partial charge in [0, 0.05) is 34.0 Å². The second kappa shape index (κ2) is 9.09. The normalized spacial score (nSPS) is 11.6. The van der Waals surface area contributed by atoms with Crippen LogP contribution in [0.2, 0.25) is 5.02 Å². The molecule has 0 aliphatic carbocycles. The predicted octanol–water partition coefficient (Wildman–Crippen LogP) is 6.52. The minimum absolute atomic E-state index is 0.137. The third kappa shape index (κ3) is 4.36. The Kier molecular flexibility index (Phi) is 5.96. The molecule has 5 rings (SSSR count). The van der Waals surface area contributed by atoms with Gasteiger partial charge in [-0.05, 0) is 61.5 Å². The van der Waals surface area contributed by atoms with Crippen LogP contribution >= 0.6 is 11.6 Å². The van der Waals surface area contributed by atoms with E-state index in [1.165, 1.54) is 30.3 Å². The summed E-state index contributed by atoms with van der Waals surface area (Å²) in [4.78, 5) is 13.1. The van der Waals surface area contributed by atoms with E-state index in [4.69, 9.17) is 11.6 Å². The molecule has 0 bridgehead atoms. The zero-order valence-electron chi connectivity index (χ0n) is 18.8. The fraction of sp³-hybridized carbons (Fsp3) is 0.0741. The molecule has 0 saturated heterocycles. The van der Waals surface area contributed by atoms with Crippen molar-refractivity contribution in [2.45, 2.75) is 18.4 Å². The van der Waals surface area contributed by atoms with Crippen LogP contribution in [0.1, 0.15) is 17.3 Å². The molecule has 0 radical (unpaired) electrons. The first kappa shape index (κ1) is 23.0. The highest BCUT2D eigenvalue weighted by atomic mass is 35.5. The van der Waals surface area contributed by atoms with Gasteiger partial charge < -0.3 is 9.88 Å². The van der Waals surface area contributed by atoms with E-state index in [2.05, 4.69) is 33.7 Å². The first-order valence-electron chi connectivity index (χ1n) is 11.1. The molecule has 5 aromatic rings. The molecule has 35 heavy (non-hydrogen) atoms. The average molecular weight is 504 g/mol. The zero-order valence-corrected chi connectivity index (χ0v) is 20.4. The molecule has 176 valence electrons. The van der Waals surface area contributed by atoms with Gasteiger partial charge in [0.25, 0.3) is 15.9 Å². The van der Waals surface area contributed by atoms with E-state index < -0.39 is 10.0 Å². The maximum atomic E-state index is 13.0. The minimum atomic E-state index is -3.76. The van der Waals surface area contributed by atoms with Crippen molar-refractivity contribution in [2.75, 3.05) is 10.0 Å². The van der Waals surface area contributed by atoms with E-state index in [9.17, 15) is 13.2 Å². The molecule has 0 spiro atoms. The lowest BCUT2D eigenvalue weighted by Crippen LogP contribution is -2.14. The summed E-state index contributed by atoms with van der Waals surface area (Å²) in [6.45, 7) is 2.94. The number of nitrogens with zero attached hydrogens (tertiary/aromatic N) is 1. The Labute approximate surface area is 208 Å². The Morgan fingerprint density at radius 3 is 2.26 bits per heavy atom. The molecule has 0 saturated carbocycles. The van der Waals surface area contributed by atoms with Crippen LogP contribution in [0.15, 0.2) is 95.9 Å². The van der Waals surface area contributed by atoms with Crippen molar-refractivity contribution < 1.29 is 13.2 Å². The number of aromatic nitrogens is 1. The highest BCUT2D eigenvalue weighted by Crippen LogP contribution is 2.31. The number of hydrogen-bond donors (Lipinski definition) is 2. The minimum Gasteiger partial charge on any atom is -0.341 e. The second-order valence-corrected chi connectivity index (χ2v) is 10.2. The van der Waals surface area contributed by atoms with Crippen LogP contribution < -0.4 is 10.0 Å². The van der Waals surface area contributed by atoms with Gasteiger partial charge in [-0.3, -0.25) is 9.52 Å². The van der Waals surface area contributed by atoms with Gasteiger partial charge >= 0.3 is 0 Å². The van der Waals surface area contributed by atoms with E-state index >= 15 is 0 Å². The molecular formula is C27H22ClN3O3S. The second-order valence-electron chi connectivity index (χ2n) is 8.06. The lowest BCUT2D eigenvalue weighted by Gasteiger charge is -2.11. The molecule has 4 aromatic carbocycles. The molecule has 0 atom stereocenters. The molecule has 8 heteroatoms. The van der Waals surface area contributed by atoms with Crippen LogP contribution in [-0.4, -0.2) is 18.9 Å². The number of amides is 1. The number of hydrogen-bond acceptors (Lipinski definition) is 3. The molecule has 0 fully saturated rings. The van der Waals surface area contributed by atoms with Gasteiger partial charge in [-0.1, -0.05) is 48.0 Å². The number of nitrogens with one attached hydrogen (secondary N) is 2. The van der Waals surface area contributed by atoms with Crippen molar-refractivity contribution >= 4 is 60.7 Å². The molecule has 6 nitrogen and oxygen atoms in total. The summed E-state index contributed by atoms with van der Waals surface area (Å²) in [6.07, 6.45) is 0. The third-order valence-corrected chi connectivity index (χ3v) is 7.58. The molecule has 2 N–H and O–H groups in total. The van der Waals surface area contributed by atoms with Gasteiger partial charge in [0.2, 0.25) is 0 Å². The van der Waals surface area contributed by atoms with Gasteiger partial charge in [0.1, 0.15) is 0 Å². The lowest BCUT2D eigenvalue weighted by atomic mass is 10.1. The highest BCUT2D eigenvalue weighted by Gasteiger charge is 2.17. The predicted molar refractivity (Wildman–Crippen MR) is 142 cm³/mol. The van der Waals surface area contributed by atoms with Crippen molar-refractivity contribution in [3.63, 3.8) is 0 Å². The molecule has 1 aromatic heterocycles. The summed E-state index contributed by atoms with van der Waals surface area (Å²) in [7, 11) is -3.76. The van der Waals surface area contributed by atoms with Gasteiger partial charge in [0.05, 0.1) is 21.2 Å². The summed E-state index contributed by atoms with van der Waals surface area (Å²) in [6, 6.07) is 26.5. The Balaban J connectivity index is 1.40. The standard InChI is InChI=1S/C27H22ClN3O3S/c1-2-31-25-11-7-6-10-21(25)23-16-18(13-15-26(23)31)29-27(32)22-14-12-19(17-24(22)28)30-35(33,34)20-8-4-3-5-9-20/h3-17,30H,2H2,1H3,(H,29,32). The molecule has 0 unspecified atom stereocenters. The van der Waals surface area contributed by atoms with Gasteiger partial charge in [0.15, 0.2) is 0 Å². The van der Waals surface area contributed by atoms with Crippen molar-refractivity contribution in [1.82, 2.24) is 4.57 Å². The van der Waals surface area contributed by atoms with Gasteiger partial charge in [-0.2, -0.15) is 0 Å². The maximum Gasteiger partial charge on any atom is 0.261 e. The lowest BCUT2D eigenvalue weighted by molar-refractivity contribution is 0.102. The molecule has 0 aliphatic rings. The topological polar surface area (TPSA) is 80.2 Å². The van der Waals surface area contributed by atoms with Crippen LogP contribution in [0.4, 0.5) is 11.4 Å². The van der Waals surface area contributed by atoms with Crippen LogP contribution in [0, 0.1) is 0 Å². The quantitative estimate of drug-likeness (QED) is 0.277. The first-order valence-corrected chi connectivity index (χ1v) is 12.9. The average Bonchev–Trinajstić information content (AvgIpc) is 3.17. The molecule has 1 amide bonds. The summed E-state index contributed by atoms with van der Waals surface area (Å²) < 4.78 is 29.9. The van der Waals surface area contributed by atoms with Crippen LogP contribution in [0.25, 0.3) is 21.8 Å². The number of halogens is 1. The number of fused-ring (bicyclic) bond motifs is 3. The number of aryl methyl sites for hydroxylation is 1. The number of carbonyl (C=O) groups is 1. The van der Waals surface area contributed by atoms with Crippen molar-refractivity contribution in [3.05, 3.63) is 102 Å². The summed E-state index contributed by atoms with van der Waals surface area (Å²) in [5.41, 5.74) is 3.39. The Morgan fingerprint density at radius 2 is 1.51 bits per heavy atom. The highest BCUT2D eigenvalue weighted by molar-refractivity contribution is 7.92. The van der Waals surface area contributed by atoms with E-state index in [-0.39, 0.29) is 27.1 Å². The van der Waals surface area contributed by atoms with E-state index in [0.717, 1.165) is 28.4 Å². The van der Waals surface area contributed by atoms with Crippen LogP contribution in [-0.2, 0) is 16.6 Å². The molecule has 1 heterocycles.